The van der Waals surface area contributed by atoms with Gasteiger partial charge in [0.1, 0.15) is 5.75 Å². The second kappa shape index (κ2) is 5.78. The van der Waals surface area contributed by atoms with Crippen molar-refractivity contribution >= 4 is 0 Å². The molecule has 4 rings (SSSR count). The number of benzene rings is 1. The van der Waals surface area contributed by atoms with Gasteiger partial charge in [0.15, 0.2) is 0 Å². The first kappa shape index (κ1) is 15.5. The van der Waals surface area contributed by atoms with Gasteiger partial charge in [0.05, 0.1) is 6.61 Å². The van der Waals surface area contributed by atoms with Gasteiger partial charge in [-0.05, 0) is 85.0 Å². The predicted molar refractivity (Wildman–Crippen MR) is 91.6 cm³/mol. The van der Waals surface area contributed by atoms with Gasteiger partial charge >= 0.3 is 0 Å². The van der Waals surface area contributed by atoms with Crippen LogP contribution in [0.25, 0.3) is 0 Å². The van der Waals surface area contributed by atoms with Crippen LogP contribution in [-0.2, 0) is 6.42 Å². The number of hydrogen-bond acceptors (Lipinski definition) is 3. The third kappa shape index (κ3) is 2.40. The van der Waals surface area contributed by atoms with Gasteiger partial charge in [0.25, 0.3) is 0 Å². The Morgan fingerprint density at radius 1 is 1.22 bits per heavy atom. The highest BCUT2D eigenvalue weighted by Crippen LogP contribution is 2.60. The van der Waals surface area contributed by atoms with Crippen molar-refractivity contribution in [3.05, 3.63) is 29.3 Å². The monoisotopic (exact) mass is 315 g/mol. The number of hydrogen-bond donors (Lipinski definition) is 3. The first-order chi connectivity index (χ1) is 11.1. The Morgan fingerprint density at radius 2 is 2.09 bits per heavy atom. The summed E-state index contributed by atoms with van der Waals surface area (Å²) in [7, 11) is 0. The summed E-state index contributed by atoms with van der Waals surface area (Å²) in [6, 6.07) is 6.61. The molecule has 3 N–H and O–H groups in total. The van der Waals surface area contributed by atoms with E-state index in [4.69, 9.17) is 5.11 Å². The van der Waals surface area contributed by atoms with E-state index in [1.165, 1.54) is 43.2 Å². The van der Waals surface area contributed by atoms with E-state index < -0.39 is 0 Å². The first-order valence-corrected chi connectivity index (χ1v) is 9.29. The minimum atomic E-state index is 0.236. The smallest absolute Gasteiger partial charge is 0.115 e. The molecule has 3 aliphatic carbocycles. The molecule has 3 aliphatic rings. The van der Waals surface area contributed by atoms with Crippen LogP contribution in [-0.4, -0.2) is 29.4 Å². The van der Waals surface area contributed by atoms with Crippen molar-refractivity contribution in [2.24, 2.45) is 17.3 Å². The molecular weight excluding hydrogens is 286 g/mol. The summed E-state index contributed by atoms with van der Waals surface area (Å²) in [6.07, 6.45) is 7.52. The summed E-state index contributed by atoms with van der Waals surface area (Å²) in [6.45, 7) is 3.45. The molecule has 3 nitrogen and oxygen atoms in total. The summed E-state index contributed by atoms with van der Waals surface area (Å²) in [5.74, 6) is 2.71. The van der Waals surface area contributed by atoms with Crippen molar-refractivity contribution in [3.63, 3.8) is 0 Å². The van der Waals surface area contributed by atoms with E-state index in [-0.39, 0.29) is 6.61 Å². The Hall–Kier alpha value is -1.06. The molecule has 5 atom stereocenters. The largest absolute Gasteiger partial charge is 0.508 e. The molecule has 2 saturated carbocycles. The maximum absolute atomic E-state index is 9.76. The van der Waals surface area contributed by atoms with E-state index in [2.05, 4.69) is 18.3 Å². The first-order valence-electron chi connectivity index (χ1n) is 9.29. The zero-order valence-electron chi connectivity index (χ0n) is 14.1. The second-order valence-corrected chi connectivity index (χ2v) is 8.15. The van der Waals surface area contributed by atoms with Gasteiger partial charge in [0, 0.05) is 12.6 Å². The number of aliphatic hydroxyl groups is 1. The summed E-state index contributed by atoms with van der Waals surface area (Å²) in [5.41, 5.74) is 3.28. The Labute approximate surface area is 139 Å². The van der Waals surface area contributed by atoms with Gasteiger partial charge in [0.2, 0.25) is 0 Å². The van der Waals surface area contributed by atoms with Crippen molar-refractivity contribution in [2.75, 3.05) is 13.2 Å². The molecular formula is C20H29NO2. The number of phenolic OH excluding ortho intramolecular Hbond substituents is 1. The number of phenols is 1. The topological polar surface area (TPSA) is 52.5 Å². The van der Waals surface area contributed by atoms with Crippen molar-refractivity contribution in [2.45, 2.75) is 57.4 Å². The van der Waals surface area contributed by atoms with Crippen LogP contribution in [0.15, 0.2) is 18.2 Å². The molecule has 1 aromatic rings. The SMILES string of the molecule is C[C@]12CCC3c4ccc(O)cc4CCC3C1CCC2NCCO. The fourth-order valence-electron chi connectivity index (χ4n) is 6.14. The Kier molecular flexibility index (Phi) is 3.89. The van der Waals surface area contributed by atoms with Gasteiger partial charge in [-0.1, -0.05) is 13.0 Å². The Morgan fingerprint density at radius 3 is 2.91 bits per heavy atom. The molecule has 3 heteroatoms. The molecule has 0 bridgehead atoms. The standard InChI is InChI=1S/C20H29NO2/c1-20-9-8-16-15-5-3-14(23)12-13(15)2-4-17(16)18(20)6-7-19(20)21-10-11-22/h3,5,12,16-19,21-23H,2,4,6-11H2,1H3/t16?,17?,18?,19?,20-/m0/s1. The molecule has 1 aromatic carbocycles. The molecule has 126 valence electrons. The zero-order chi connectivity index (χ0) is 16.0. The summed E-state index contributed by atoms with van der Waals surface area (Å²) >= 11 is 0. The second-order valence-electron chi connectivity index (χ2n) is 8.15. The van der Waals surface area contributed by atoms with Gasteiger partial charge in [-0.2, -0.15) is 0 Å². The fourth-order valence-corrected chi connectivity index (χ4v) is 6.14. The van der Waals surface area contributed by atoms with Crippen molar-refractivity contribution in [3.8, 4) is 5.75 Å². The lowest BCUT2D eigenvalue weighted by molar-refractivity contribution is 0.0402. The molecule has 0 heterocycles. The van der Waals surface area contributed by atoms with Crippen LogP contribution in [0.5, 0.6) is 5.75 Å². The lowest BCUT2D eigenvalue weighted by Crippen LogP contribution is -2.49. The highest BCUT2D eigenvalue weighted by molar-refractivity contribution is 5.40. The summed E-state index contributed by atoms with van der Waals surface area (Å²) in [4.78, 5) is 0. The van der Waals surface area contributed by atoms with E-state index in [0.29, 0.717) is 23.1 Å². The van der Waals surface area contributed by atoms with Crippen molar-refractivity contribution < 1.29 is 10.2 Å². The molecule has 23 heavy (non-hydrogen) atoms. The van der Waals surface area contributed by atoms with E-state index >= 15 is 0 Å². The molecule has 4 unspecified atom stereocenters. The Balaban J connectivity index is 1.59. The van der Waals surface area contributed by atoms with Gasteiger partial charge in [-0.3, -0.25) is 0 Å². The number of fused-ring (bicyclic) bond motifs is 5. The lowest BCUT2D eigenvalue weighted by atomic mass is 9.55. The molecule has 0 aromatic heterocycles. The van der Waals surface area contributed by atoms with Crippen LogP contribution < -0.4 is 5.32 Å². The van der Waals surface area contributed by atoms with Gasteiger partial charge < -0.3 is 15.5 Å². The third-order valence-corrected chi connectivity index (χ3v) is 7.21. The van der Waals surface area contributed by atoms with Crippen LogP contribution in [0.1, 0.15) is 56.1 Å². The number of aromatic hydroxyl groups is 1. The average Bonchev–Trinajstić information content (AvgIpc) is 2.89. The maximum atomic E-state index is 9.76. The molecule has 0 saturated heterocycles. The Bertz CT molecular complexity index is 587. The molecule has 0 aliphatic heterocycles. The molecule has 0 spiro atoms. The molecule has 0 amide bonds. The van der Waals surface area contributed by atoms with Crippen molar-refractivity contribution in [1.29, 1.82) is 0 Å². The van der Waals surface area contributed by atoms with E-state index in [1.54, 1.807) is 0 Å². The highest BCUT2D eigenvalue weighted by Gasteiger charge is 2.54. The van der Waals surface area contributed by atoms with Crippen LogP contribution in [0.3, 0.4) is 0 Å². The predicted octanol–water partition coefficient (Wildman–Crippen LogP) is 3.20. The zero-order valence-corrected chi connectivity index (χ0v) is 14.1. The van der Waals surface area contributed by atoms with Crippen LogP contribution in [0, 0.1) is 17.3 Å². The van der Waals surface area contributed by atoms with E-state index in [0.717, 1.165) is 24.8 Å². The van der Waals surface area contributed by atoms with Crippen LogP contribution in [0.4, 0.5) is 0 Å². The molecule has 2 fully saturated rings. The van der Waals surface area contributed by atoms with E-state index in [9.17, 15) is 5.11 Å². The number of nitrogens with one attached hydrogen (secondary N) is 1. The molecule has 0 radical (unpaired) electrons. The van der Waals surface area contributed by atoms with Crippen LogP contribution >= 0.6 is 0 Å². The van der Waals surface area contributed by atoms with Crippen molar-refractivity contribution in [1.82, 2.24) is 5.32 Å². The number of rotatable bonds is 3. The number of aliphatic hydroxyl groups excluding tert-OH is 1. The third-order valence-electron chi connectivity index (χ3n) is 7.21. The normalized spacial score (nSPS) is 38.7. The fraction of sp³-hybridized carbons (Fsp3) is 0.700. The van der Waals surface area contributed by atoms with Crippen LogP contribution in [0.2, 0.25) is 0 Å². The average molecular weight is 315 g/mol. The minimum Gasteiger partial charge on any atom is -0.508 e. The number of aryl methyl sites for hydroxylation is 1. The van der Waals surface area contributed by atoms with E-state index in [1.807, 2.05) is 12.1 Å². The summed E-state index contributed by atoms with van der Waals surface area (Å²) in [5, 5.41) is 22.5. The highest BCUT2D eigenvalue weighted by atomic mass is 16.3. The quantitative estimate of drug-likeness (QED) is 0.803. The van der Waals surface area contributed by atoms with Gasteiger partial charge in [-0.25, -0.2) is 0 Å². The van der Waals surface area contributed by atoms with Gasteiger partial charge in [-0.15, -0.1) is 0 Å². The summed E-state index contributed by atoms with van der Waals surface area (Å²) < 4.78 is 0. The lowest BCUT2D eigenvalue weighted by Gasteiger charge is -2.51. The maximum Gasteiger partial charge on any atom is 0.115 e. The minimum absolute atomic E-state index is 0.236.